The summed E-state index contributed by atoms with van der Waals surface area (Å²) in [5.74, 6) is 0. The maximum atomic E-state index is 9.76. The average molecular weight is 123 g/mol. The van der Waals surface area contributed by atoms with Gasteiger partial charge < -0.3 is 0 Å². The van der Waals surface area contributed by atoms with Crippen molar-refractivity contribution in [2.75, 3.05) is 0 Å². The first kappa shape index (κ1) is 6.24. The molecule has 0 amide bonds. The lowest BCUT2D eigenvalue weighted by molar-refractivity contribution is 0.547. The molecule has 48 valence electrons. The maximum absolute atomic E-state index is 9.76. The van der Waals surface area contributed by atoms with Crippen LogP contribution in [-0.2, 0) is 4.79 Å². The minimum absolute atomic E-state index is 0.215. The van der Waals surface area contributed by atoms with Crippen molar-refractivity contribution in [1.82, 2.24) is 0 Å². The fourth-order valence-corrected chi connectivity index (χ4v) is 0.969. The summed E-state index contributed by atoms with van der Waals surface area (Å²) in [4.78, 5) is 13.4. The lowest BCUT2D eigenvalue weighted by atomic mass is 10.0. The van der Waals surface area contributed by atoms with Crippen molar-refractivity contribution in [1.29, 1.82) is 0 Å². The van der Waals surface area contributed by atoms with E-state index in [4.69, 9.17) is 0 Å². The lowest BCUT2D eigenvalue weighted by Crippen LogP contribution is -2.04. The van der Waals surface area contributed by atoms with Crippen LogP contribution in [0.5, 0.6) is 0 Å². The van der Waals surface area contributed by atoms with E-state index in [-0.39, 0.29) is 6.04 Å². The number of carbonyl (C=O) groups excluding carboxylic acids is 1. The molecule has 0 aromatic carbocycles. The van der Waals surface area contributed by atoms with Crippen molar-refractivity contribution in [2.24, 2.45) is 4.99 Å². The van der Waals surface area contributed by atoms with E-state index in [0.29, 0.717) is 0 Å². The molecule has 0 radical (unpaired) electrons. The van der Waals surface area contributed by atoms with Crippen LogP contribution in [0, 0.1) is 0 Å². The number of hydrogen-bond acceptors (Lipinski definition) is 2. The molecule has 0 unspecified atom stereocenters. The molecule has 0 bridgehead atoms. The van der Waals surface area contributed by atoms with E-state index in [1.54, 1.807) is 6.08 Å². The van der Waals surface area contributed by atoms with Crippen molar-refractivity contribution in [2.45, 2.75) is 25.3 Å². The number of hydrogen-bond donors (Lipinski definition) is 0. The van der Waals surface area contributed by atoms with Gasteiger partial charge in [-0.15, -0.1) is 0 Å². The summed E-state index contributed by atoms with van der Waals surface area (Å²) in [7, 11) is 0. The summed E-state index contributed by atoms with van der Waals surface area (Å²) >= 11 is 0. The van der Waals surface area contributed by atoms with Gasteiger partial charge in [0.05, 0.1) is 6.04 Å². The van der Waals surface area contributed by atoms with Gasteiger partial charge in [0.1, 0.15) is 0 Å². The highest BCUT2D eigenvalue weighted by Crippen LogP contribution is 2.12. The molecule has 1 aliphatic rings. The van der Waals surface area contributed by atoms with Gasteiger partial charge in [-0.2, -0.15) is 0 Å². The van der Waals surface area contributed by atoms with Crippen molar-refractivity contribution in [3.05, 3.63) is 12.2 Å². The molecule has 1 aliphatic carbocycles. The maximum Gasteiger partial charge on any atom is 0.235 e. The van der Waals surface area contributed by atoms with Crippen molar-refractivity contribution in [3.63, 3.8) is 0 Å². The van der Waals surface area contributed by atoms with Crippen molar-refractivity contribution in [3.8, 4) is 0 Å². The van der Waals surface area contributed by atoms with Gasteiger partial charge in [-0.05, 0) is 19.3 Å². The van der Waals surface area contributed by atoms with Crippen LogP contribution in [0.25, 0.3) is 0 Å². The fourth-order valence-electron chi connectivity index (χ4n) is 0.969. The predicted octanol–water partition coefficient (Wildman–Crippen LogP) is 1.43. The standard InChI is InChI=1S/C7H9NO/c9-6-8-7-4-2-1-3-5-7/h1-2,7H,3-5H2/t7-/m1/s1. The normalized spacial score (nSPS) is 25.1. The molecule has 0 heterocycles. The molecule has 0 saturated carbocycles. The molecule has 9 heavy (non-hydrogen) atoms. The number of nitrogens with zero attached hydrogens (tertiary/aromatic N) is 1. The van der Waals surface area contributed by atoms with E-state index < -0.39 is 0 Å². The highest BCUT2D eigenvalue weighted by atomic mass is 16.1. The Morgan fingerprint density at radius 3 is 3.00 bits per heavy atom. The molecule has 0 aliphatic heterocycles. The first-order valence-corrected chi connectivity index (χ1v) is 3.15. The van der Waals surface area contributed by atoms with Crippen LogP contribution in [-0.4, -0.2) is 12.1 Å². The van der Waals surface area contributed by atoms with Gasteiger partial charge >= 0.3 is 0 Å². The molecular formula is C7H9NO. The highest BCUT2D eigenvalue weighted by Gasteiger charge is 2.05. The zero-order chi connectivity index (χ0) is 6.53. The molecule has 0 fully saturated rings. The molecule has 2 nitrogen and oxygen atoms in total. The molecule has 2 heteroatoms. The van der Waals surface area contributed by atoms with Gasteiger partial charge in [-0.3, -0.25) is 0 Å². The average Bonchev–Trinajstić information content (AvgIpc) is 1.91. The number of aliphatic imine (C=N–C) groups is 1. The second kappa shape index (κ2) is 3.21. The molecule has 0 aromatic heterocycles. The Balaban J connectivity index is 2.43. The van der Waals surface area contributed by atoms with Crippen molar-refractivity contribution < 1.29 is 4.79 Å². The summed E-state index contributed by atoms with van der Waals surface area (Å²) in [6.45, 7) is 0. The second-order valence-corrected chi connectivity index (χ2v) is 2.16. The predicted molar refractivity (Wildman–Crippen MR) is 34.9 cm³/mol. The minimum Gasteiger partial charge on any atom is -0.211 e. The first-order chi connectivity index (χ1) is 4.43. The quantitative estimate of drug-likeness (QED) is 0.294. The summed E-state index contributed by atoms with van der Waals surface area (Å²) in [6, 6.07) is 0.215. The summed E-state index contributed by atoms with van der Waals surface area (Å²) in [5.41, 5.74) is 0. The van der Waals surface area contributed by atoms with Gasteiger partial charge in [0.2, 0.25) is 6.08 Å². The largest absolute Gasteiger partial charge is 0.235 e. The molecule has 0 saturated heterocycles. The van der Waals surface area contributed by atoms with Gasteiger partial charge in [-0.1, -0.05) is 12.2 Å². The number of allylic oxidation sites excluding steroid dienone is 1. The van der Waals surface area contributed by atoms with E-state index in [1.165, 1.54) is 0 Å². The molecule has 1 atom stereocenters. The van der Waals surface area contributed by atoms with Crippen molar-refractivity contribution >= 4 is 6.08 Å². The van der Waals surface area contributed by atoms with E-state index in [9.17, 15) is 4.79 Å². The van der Waals surface area contributed by atoms with Crippen LogP contribution in [0.4, 0.5) is 0 Å². The SMILES string of the molecule is O=C=N[C@@H]1CC=CCC1. The van der Waals surface area contributed by atoms with Crippen LogP contribution in [0.1, 0.15) is 19.3 Å². The Hall–Kier alpha value is -0.880. The van der Waals surface area contributed by atoms with Gasteiger partial charge in [-0.25, -0.2) is 9.79 Å². The molecule has 0 aromatic rings. The topological polar surface area (TPSA) is 29.4 Å². The smallest absolute Gasteiger partial charge is 0.211 e. The molecular weight excluding hydrogens is 114 g/mol. The van der Waals surface area contributed by atoms with Gasteiger partial charge in [0.25, 0.3) is 0 Å². The molecule has 0 spiro atoms. The summed E-state index contributed by atoms with van der Waals surface area (Å²) < 4.78 is 0. The fraction of sp³-hybridized carbons (Fsp3) is 0.571. The minimum atomic E-state index is 0.215. The van der Waals surface area contributed by atoms with Crippen LogP contribution in [0.3, 0.4) is 0 Å². The first-order valence-electron chi connectivity index (χ1n) is 3.15. The zero-order valence-corrected chi connectivity index (χ0v) is 5.21. The Morgan fingerprint density at radius 2 is 2.44 bits per heavy atom. The lowest BCUT2D eigenvalue weighted by Gasteiger charge is -2.09. The van der Waals surface area contributed by atoms with Crippen LogP contribution >= 0.6 is 0 Å². The van der Waals surface area contributed by atoms with Crippen LogP contribution < -0.4 is 0 Å². The summed E-state index contributed by atoms with van der Waals surface area (Å²) in [6.07, 6.45) is 8.73. The van der Waals surface area contributed by atoms with E-state index in [0.717, 1.165) is 19.3 Å². The third kappa shape index (κ3) is 1.82. The van der Waals surface area contributed by atoms with Gasteiger partial charge in [0.15, 0.2) is 0 Å². The monoisotopic (exact) mass is 123 g/mol. The van der Waals surface area contributed by atoms with E-state index >= 15 is 0 Å². The van der Waals surface area contributed by atoms with Gasteiger partial charge in [0, 0.05) is 0 Å². The zero-order valence-electron chi connectivity index (χ0n) is 5.21. The highest BCUT2D eigenvalue weighted by molar-refractivity contribution is 5.33. The second-order valence-electron chi connectivity index (χ2n) is 2.16. The Kier molecular flexibility index (Phi) is 2.22. The molecule has 1 rings (SSSR count). The molecule has 0 N–H and O–H groups in total. The third-order valence-electron chi connectivity index (χ3n) is 1.48. The Bertz CT molecular complexity index is 156. The van der Waals surface area contributed by atoms with Crippen LogP contribution in [0.15, 0.2) is 17.1 Å². The van der Waals surface area contributed by atoms with E-state index in [2.05, 4.69) is 17.1 Å². The summed E-state index contributed by atoms with van der Waals surface area (Å²) in [5, 5.41) is 0. The van der Waals surface area contributed by atoms with Crippen LogP contribution in [0.2, 0.25) is 0 Å². The Morgan fingerprint density at radius 1 is 1.56 bits per heavy atom. The number of isocyanates is 1. The Labute approximate surface area is 54.3 Å². The third-order valence-corrected chi connectivity index (χ3v) is 1.48. The van der Waals surface area contributed by atoms with E-state index in [1.807, 2.05) is 0 Å². The number of rotatable bonds is 1.